The largest absolute Gasteiger partial charge is 0.455 e. The molecule has 0 fully saturated rings. The summed E-state index contributed by atoms with van der Waals surface area (Å²) < 4.78 is 19.3. The van der Waals surface area contributed by atoms with Crippen molar-refractivity contribution in [3.05, 3.63) is 62.9 Å². The van der Waals surface area contributed by atoms with E-state index in [4.69, 9.17) is 16.3 Å². The maximum atomic E-state index is 13.8. The fourth-order valence-corrected chi connectivity index (χ4v) is 2.00. The molecule has 0 aliphatic heterocycles. The summed E-state index contributed by atoms with van der Waals surface area (Å²) in [6.45, 7) is 0.284. The molecular weight excluding hydrogens is 299 g/mol. The number of hydrogen-bond donors (Lipinski definition) is 1. The first-order chi connectivity index (χ1) is 10.0. The van der Waals surface area contributed by atoms with E-state index in [1.54, 1.807) is 13.1 Å². The molecule has 0 aliphatic carbocycles. The number of non-ortho nitro benzene ring substituents is 1. The molecule has 0 amide bonds. The summed E-state index contributed by atoms with van der Waals surface area (Å²) >= 11 is 5.95. The Hall–Kier alpha value is -2.18. The lowest BCUT2D eigenvalue weighted by Gasteiger charge is -2.12. The average molecular weight is 311 g/mol. The van der Waals surface area contributed by atoms with Crippen LogP contribution in [0.2, 0.25) is 5.02 Å². The summed E-state index contributed by atoms with van der Waals surface area (Å²) in [6, 6.07) is 8.30. The van der Waals surface area contributed by atoms with Crippen LogP contribution in [0.15, 0.2) is 36.4 Å². The van der Waals surface area contributed by atoms with Crippen LogP contribution in [-0.2, 0) is 6.54 Å². The van der Waals surface area contributed by atoms with Crippen molar-refractivity contribution in [1.82, 2.24) is 5.32 Å². The van der Waals surface area contributed by atoms with Gasteiger partial charge in [0.2, 0.25) is 0 Å². The minimum absolute atomic E-state index is 0.0869. The van der Waals surface area contributed by atoms with Crippen LogP contribution < -0.4 is 10.1 Å². The zero-order valence-electron chi connectivity index (χ0n) is 11.1. The van der Waals surface area contributed by atoms with E-state index in [1.807, 2.05) is 0 Å². The molecule has 0 heterocycles. The molecule has 0 radical (unpaired) electrons. The van der Waals surface area contributed by atoms with Gasteiger partial charge in [0.05, 0.1) is 9.95 Å². The van der Waals surface area contributed by atoms with Gasteiger partial charge in [-0.3, -0.25) is 10.1 Å². The van der Waals surface area contributed by atoms with E-state index < -0.39 is 10.7 Å². The van der Waals surface area contributed by atoms with Gasteiger partial charge < -0.3 is 10.1 Å². The van der Waals surface area contributed by atoms with Crippen molar-refractivity contribution in [3.8, 4) is 11.5 Å². The molecule has 21 heavy (non-hydrogen) atoms. The van der Waals surface area contributed by atoms with Gasteiger partial charge in [-0.05, 0) is 25.2 Å². The third kappa shape index (κ3) is 3.48. The minimum atomic E-state index is -0.551. The number of nitrogens with one attached hydrogen (secondary N) is 1. The van der Waals surface area contributed by atoms with Crippen LogP contribution >= 0.6 is 11.6 Å². The van der Waals surface area contributed by atoms with Gasteiger partial charge in [0.1, 0.15) is 17.3 Å². The van der Waals surface area contributed by atoms with Crippen molar-refractivity contribution in [2.24, 2.45) is 0 Å². The van der Waals surface area contributed by atoms with Crippen molar-refractivity contribution in [1.29, 1.82) is 0 Å². The van der Waals surface area contributed by atoms with Gasteiger partial charge in [-0.25, -0.2) is 4.39 Å². The molecule has 0 unspecified atom stereocenters. The van der Waals surface area contributed by atoms with Crippen LogP contribution in [0.3, 0.4) is 0 Å². The Morgan fingerprint density at radius 1 is 1.33 bits per heavy atom. The molecule has 0 aromatic heterocycles. The van der Waals surface area contributed by atoms with Gasteiger partial charge in [0.15, 0.2) is 0 Å². The number of halogens is 2. The van der Waals surface area contributed by atoms with E-state index in [-0.39, 0.29) is 23.0 Å². The highest BCUT2D eigenvalue weighted by Crippen LogP contribution is 2.34. The number of benzene rings is 2. The van der Waals surface area contributed by atoms with Gasteiger partial charge in [-0.2, -0.15) is 0 Å². The van der Waals surface area contributed by atoms with Gasteiger partial charge in [0, 0.05) is 24.2 Å². The van der Waals surface area contributed by atoms with E-state index in [0.717, 1.165) is 0 Å². The molecule has 2 rings (SSSR count). The number of nitro benzene ring substituents is 1. The number of nitrogens with zero attached hydrogens (tertiary/aromatic N) is 1. The van der Waals surface area contributed by atoms with Gasteiger partial charge >= 0.3 is 0 Å². The van der Waals surface area contributed by atoms with Gasteiger partial charge in [-0.1, -0.05) is 17.7 Å². The Morgan fingerprint density at radius 3 is 2.71 bits per heavy atom. The quantitative estimate of drug-likeness (QED) is 0.672. The lowest BCUT2D eigenvalue weighted by Crippen LogP contribution is -2.08. The van der Waals surface area contributed by atoms with Crippen molar-refractivity contribution in [2.45, 2.75) is 6.54 Å². The molecule has 5 nitrogen and oxygen atoms in total. The van der Waals surface area contributed by atoms with Crippen LogP contribution in [-0.4, -0.2) is 12.0 Å². The van der Waals surface area contributed by atoms with Crippen molar-refractivity contribution in [3.63, 3.8) is 0 Å². The molecule has 0 saturated heterocycles. The van der Waals surface area contributed by atoms with Crippen LogP contribution in [0, 0.1) is 15.9 Å². The Kier molecular flexibility index (Phi) is 4.72. The molecule has 0 atom stereocenters. The highest BCUT2D eigenvalue weighted by Gasteiger charge is 2.14. The number of hydrogen-bond acceptors (Lipinski definition) is 4. The summed E-state index contributed by atoms with van der Waals surface area (Å²) in [5.74, 6) is 0.130. The standard InChI is InChI=1S/C14H12ClFN2O3/c1-17-8-10-12(16)3-2-4-13(10)21-14-6-5-9(18(19)20)7-11(14)15/h2-7,17H,8H2,1H3. The highest BCUT2D eigenvalue weighted by atomic mass is 35.5. The number of rotatable bonds is 5. The van der Waals surface area contributed by atoms with Crippen LogP contribution in [0.1, 0.15) is 5.56 Å². The van der Waals surface area contributed by atoms with Crippen molar-refractivity contribution < 1.29 is 14.1 Å². The Labute approximate surface area is 125 Å². The van der Waals surface area contributed by atoms with Crippen molar-refractivity contribution >= 4 is 17.3 Å². The van der Waals surface area contributed by atoms with Gasteiger partial charge in [-0.15, -0.1) is 0 Å². The van der Waals surface area contributed by atoms with Crippen LogP contribution in [0.4, 0.5) is 10.1 Å². The Balaban J connectivity index is 2.34. The van der Waals surface area contributed by atoms with E-state index in [2.05, 4.69) is 5.32 Å². The summed E-state index contributed by atoms with van der Waals surface area (Å²) in [7, 11) is 1.69. The first kappa shape index (κ1) is 15.2. The molecule has 1 N–H and O–H groups in total. The first-order valence-electron chi connectivity index (χ1n) is 6.06. The molecule has 7 heteroatoms. The third-order valence-electron chi connectivity index (χ3n) is 2.78. The van der Waals surface area contributed by atoms with E-state index in [0.29, 0.717) is 11.3 Å². The fraction of sp³-hybridized carbons (Fsp3) is 0.143. The SMILES string of the molecule is CNCc1c(F)cccc1Oc1ccc([N+](=O)[O-])cc1Cl. The Morgan fingerprint density at radius 2 is 2.10 bits per heavy atom. The van der Waals surface area contributed by atoms with E-state index >= 15 is 0 Å². The van der Waals surface area contributed by atoms with Crippen LogP contribution in [0.5, 0.6) is 11.5 Å². The summed E-state index contributed by atoms with van der Waals surface area (Å²) in [5, 5.41) is 13.6. The second kappa shape index (κ2) is 6.51. The molecule has 0 spiro atoms. The number of ether oxygens (including phenoxy) is 1. The van der Waals surface area contributed by atoms with Crippen LogP contribution in [0.25, 0.3) is 0 Å². The molecular formula is C14H12ClFN2O3. The van der Waals surface area contributed by atoms with E-state index in [1.165, 1.54) is 30.3 Å². The second-order valence-corrected chi connectivity index (χ2v) is 4.63. The number of nitro groups is 1. The fourth-order valence-electron chi connectivity index (χ4n) is 1.79. The maximum Gasteiger partial charge on any atom is 0.271 e. The van der Waals surface area contributed by atoms with Crippen molar-refractivity contribution in [2.75, 3.05) is 7.05 Å². The average Bonchev–Trinajstić information content (AvgIpc) is 2.44. The lowest BCUT2D eigenvalue weighted by atomic mass is 10.2. The molecule has 0 aliphatic rings. The normalized spacial score (nSPS) is 10.4. The topological polar surface area (TPSA) is 64.4 Å². The minimum Gasteiger partial charge on any atom is -0.455 e. The summed E-state index contributed by atoms with van der Waals surface area (Å²) in [4.78, 5) is 10.1. The monoisotopic (exact) mass is 310 g/mol. The molecule has 0 saturated carbocycles. The molecule has 110 valence electrons. The smallest absolute Gasteiger partial charge is 0.271 e. The second-order valence-electron chi connectivity index (χ2n) is 4.22. The molecule has 2 aromatic carbocycles. The van der Waals surface area contributed by atoms with E-state index in [9.17, 15) is 14.5 Å². The lowest BCUT2D eigenvalue weighted by molar-refractivity contribution is -0.384. The Bertz CT molecular complexity index is 679. The maximum absolute atomic E-state index is 13.8. The summed E-state index contributed by atoms with van der Waals surface area (Å²) in [6.07, 6.45) is 0. The predicted molar refractivity (Wildman–Crippen MR) is 77.3 cm³/mol. The van der Waals surface area contributed by atoms with Gasteiger partial charge in [0.25, 0.3) is 5.69 Å². The third-order valence-corrected chi connectivity index (χ3v) is 3.07. The zero-order valence-corrected chi connectivity index (χ0v) is 11.9. The molecule has 2 aromatic rings. The highest BCUT2D eigenvalue weighted by molar-refractivity contribution is 6.32. The summed E-state index contributed by atoms with van der Waals surface area (Å²) in [5.41, 5.74) is 0.219. The zero-order chi connectivity index (χ0) is 15.4. The predicted octanol–water partition coefficient (Wildman–Crippen LogP) is 3.90. The first-order valence-corrected chi connectivity index (χ1v) is 6.44. The molecule has 0 bridgehead atoms.